The van der Waals surface area contributed by atoms with Crippen LogP contribution in [-0.4, -0.2) is 66.8 Å². The molecule has 0 radical (unpaired) electrons. The summed E-state index contributed by atoms with van der Waals surface area (Å²) in [7, 11) is -2.71. The molecule has 43 heavy (non-hydrogen) atoms. The van der Waals surface area contributed by atoms with Crippen molar-refractivity contribution in [1.82, 2.24) is 24.2 Å². The van der Waals surface area contributed by atoms with Crippen LogP contribution in [0.3, 0.4) is 0 Å². The number of benzene rings is 1. The summed E-state index contributed by atoms with van der Waals surface area (Å²) in [4.78, 5) is 42.4. The normalized spacial score (nSPS) is 24.1. The molecule has 1 aromatic carbocycles. The monoisotopic (exact) mass is 643 g/mol. The summed E-state index contributed by atoms with van der Waals surface area (Å²) in [6, 6.07) is 6.02. The van der Waals surface area contributed by atoms with Crippen LogP contribution in [-0.2, 0) is 30.4 Å². The van der Waals surface area contributed by atoms with Gasteiger partial charge in [-0.15, -0.1) is 0 Å². The Bertz CT molecular complexity index is 1620. The molecule has 1 fully saturated rings. The summed E-state index contributed by atoms with van der Waals surface area (Å²) < 4.78 is 54.0. The number of H-pyrrole nitrogens is 1. The number of aromatic nitrogens is 4. The number of hydrogen-bond acceptors (Lipinski definition) is 10. The second kappa shape index (κ2) is 12.7. The molecule has 0 spiro atoms. The number of aliphatic hydroxyl groups excluding tert-OH is 1. The Morgan fingerprint density at radius 2 is 1.95 bits per heavy atom. The third-order valence-corrected chi connectivity index (χ3v) is 8.59. The Labute approximate surface area is 250 Å². The van der Waals surface area contributed by atoms with Gasteiger partial charge < -0.3 is 23.7 Å². The predicted octanol–water partition coefficient (Wildman–Crippen LogP) is 2.71. The minimum Gasteiger partial charge on any atom is -0.462 e. The van der Waals surface area contributed by atoms with Crippen LogP contribution < -0.4 is 20.9 Å². The number of ether oxygens (including phenoxy) is 2. The summed E-state index contributed by atoms with van der Waals surface area (Å²) in [5, 5.41) is 13.6. The van der Waals surface area contributed by atoms with E-state index in [-0.39, 0.29) is 5.75 Å². The highest BCUT2D eigenvalue weighted by atomic mass is 35.5. The number of carbonyl (C=O) groups is 1. The van der Waals surface area contributed by atoms with E-state index < -0.39 is 67.8 Å². The number of nitrogens with zero attached hydrogens (tertiary/aromatic N) is 3. The average Bonchev–Trinajstić information content (AvgIpc) is 3.37. The topological polar surface area (TPSA) is 176 Å². The first-order valence-electron chi connectivity index (χ1n) is 13.1. The lowest BCUT2D eigenvalue weighted by molar-refractivity contribution is -0.149. The maximum atomic E-state index is 15.6. The van der Waals surface area contributed by atoms with Crippen molar-refractivity contribution < 1.29 is 37.4 Å². The van der Waals surface area contributed by atoms with Gasteiger partial charge in [0.1, 0.15) is 34.8 Å². The van der Waals surface area contributed by atoms with Gasteiger partial charge in [-0.3, -0.25) is 23.7 Å². The van der Waals surface area contributed by atoms with Gasteiger partial charge in [0.15, 0.2) is 11.9 Å². The number of aromatic amines is 1. The van der Waals surface area contributed by atoms with Crippen LogP contribution in [0.4, 0.5) is 4.39 Å². The van der Waals surface area contributed by atoms with Crippen LogP contribution in [0.2, 0.25) is 5.15 Å². The fourth-order valence-corrected chi connectivity index (χ4v) is 5.97. The van der Waals surface area contributed by atoms with Crippen molar-refractivity contribution in [3.63, 3.8) is 0 Å². The van der Waals surface area contributed by atoms with Crippen molar-refractivity contribution in [2.24, 2.45) is 7.05 Å². The molecule has 14 nitrogen and oxygen atoms in total. The molecule has 1 unspecified atom stereocenters. The molecule has 3 N–H and O–H groups in total. The highest BCUT2D eigenvalue weighted by Crippen LogP contribution is 2.48. The van der Waals surface area contributed by atoms with Gasteiger partial charge in [0.2, 0.25) is 0 Å². The van der Waals surface area contributed by atoms with Gasteiger partial charge in [-0.05, 0) is 52.0 Å². The number of imidazole rings is 1. The summed E-state index contributed by atoms with van der Waals surface area (Å²) in [6.07, 6.45) is -2.83. The largest absolute Gasteiger partial charge is 0.462 e. The molecule has 1 aliphatic rings. The standard InChI is InChI=1S/C26H32ClFN5O9P/c1-14(2)40-23(36)15(3)31-43(38,42-17-8-6-16(7-9-17)20-22(27)32(5)13-29-20)39-12-18-21(35)26(4,28)24(41-18)33-11-10-19(34)30-25(33)37/h6-11,13-15,18,21,24,35H,12H2,1-5H3,(H,31,38)(H,30,34,37)/t15-,18+,21+,24+,26+,43?/m0/s1. The number of hydrogen-bond donors (Lipinski definition) is 3. The Hall–Kier alpha value is -3.33. The van der Waals surface area contributed by atoms with Crippen molar-refractivity contribution in [2.75, 3.05) is 6.61 Å². The number of carbonyl (C=O) groups excluding carboxylic acids is 1. The minimum absolute atomic E-state index is 0.0666. The second-order valence-corrected chi connectivity index (χ2v) is 12.4. The molecule has 0 saturated carbocycles. The predicted molar refractivity (Wildman–Crippen MR) is 152 cm³/mol. The number of halogens is 2. The molecule has 0 amide bonds. The molecule has 3 aromatic rings. The zero-order valence-corrected chi connectivity index (χ0v) is 25.5. The van der Waals surface area contributed by atoms with Gasteiger partial charge in [0.25, 0.3) is 5.56 Å². The highest BCUT2D eigenvalue weighted by Gasteiger charge is 2.56. The van der Waals surface area contributed by atoms with Crippen LogP contribution in [0.25, 0.3) is 11.3 Å². The molecule has 0 bridgehead atoms. The van der Waals surface area contributed by atoms with E-state index >= 15 is 4.39 Å². The zero-order valence-electron chi connectivity index (χ0n) is 23.9. The van der Waals surface area contributed by atoms with E-state index in [1.54, 1.807) is 43.9 Å². The molecule has 1 aliphatic heterocycles. The van der Waals surface area contributed by atoms with Gasteiger partial charge in [0, 0.05) is 24.9 Å². The van der Waals surface area contributed by atoms with E-state index in [1.807, 2.05) is 4.98 Å². The minimum atomic E-state index is -4.44. The van der Waals surface area contributed by atoms with Crippen LogP contribution >= 0.6 is 19.3 Å². The van der Waals surface area contributed by atoms with Crippen LogP contribution in [0.1, 0.15) is 33.9 Å². The number of rotatable bonds is 11. The smallest absolute Gasteiger partial charge is 0.459 e. The number of esters is 1. The first-order chi connectivity index (χ1) is 20.1. The van der Waals surface area contributed by atoms with Crippen molar-refractivity contribution in [3.05, 3.63) is 68.8 Å². The zero-order chi connectivity index (χ0) is 31.7. The number of aryl methyl sites for hydroxylation is 1. The van der Waals surface area contributed by atoms with Gasteiger partial charge >= 0.3 is 19.4 Å². The van der Waals surface area contributed by atoms with E-state index in [4.69, 9.17) is 30.1 Å². The first kappa shape index (κ1) is 32.6. The molecule has 6 atom stereocenters. The summed E-state index contributed by atoms with van der Waals surface area (Å²) in [5.74, 6) is -0.675. The second-order valence-electron chi connectivity index (χ2n) is 10.4. The third-order valence-electron chi connectivity index (χ3n) is 6.51. The molecule has 4 rings (SSSR count). The lowest BCUT2D eigenvalue weighted by Gasteiger charge is -2.25. The number of alkyl halides is 1. The van der Waals surface area contributed by atoms with Gasteiger partial charge in [-0.25, -0.2) is 18.7 Å². The van der Waals surface area contributed by atoms with Crippen molar-refractivity contribution in [2.45, 2.75) is 63.9 Å². The van der Waals surface area contributed by atoms with Crippen LogP contribution in [0.5, 0.6) is 5.75 Å². The van der Waals surface area contributed by atoms with Crippen LogP contribution in [0, 0.1) is 0 Å². The maximum absolute atomic E-state index is 15.6. The molecule has 1 saturated heterocycles. The SMILES string of the molecule is CC(C)OC(=O)[C@H](C)NP(=O)(OC[C@H]1O[C@@H](n2ccc(=O)[nH]c2=O)[C@](C)(F)[C@@H]1O)Oc1ccc(-c2ncn(C)c2Cl)cc1. The number of aliphatic hydroxyl groups is 1. The highest BCUT2D eigenvalue weighted by molar-refractivity contribution is 7.52. The first-order valence-corrected chi connectivity index (χ1v) is 15.1. The van der Waals surface area contributed by atoms with Gasteiger partial charge in [-0.2, -0.15) is 5.09 Å². The van der Waals surface area contributed by atoms with Crippen molar-refractivity contribution in [1.29, 1.82) is 0 Å². The fraction of sp³-hybridized carbons (Fsp3) is 0.462. The molecule has 17 heteroatoms. The van der Waals surface area contributed by atoms with Crippen LogP contribution in [0.15, 0.2) is 52.4 Å². The molecule has 234 valence electrons. The summed E-state index contributed by atoms with van der Waals surface area (Å²) in [5.41, 5.74) is -3.03. The van der Waals surface area contributed by atoms with E-state index in [0.29, 0.717) is 16.4 Å². The lowest BCUT2D eigenvalue weighted by atomic mass is 9.98. The summed E-state index contributed by atoms with van der Waals surface area (Å²) >= 11 is 6.27. The van der Waals surface area contributed by atoms with E-state index in [0.717, 1.165) is 23.8 Å². The maximum Gasteiger partial charge on any atom is 0.459 e. The summed E-state index contributed by atoms with van der Waals surface area (Å²) in [6.45, 7) is 4.99. The molecule has 0 aliphatic carbocycles. The lowest BCUT2D eigenvalue weighted by Crippen LogP contribution is -2.43. The quantitative estimate of drug-likeness (QED) is 0.207. The average molecular weight is 644 g/mol. The van der Waals surface area contributed by atoms with Crippen molar-refractivity contribution in [3.8, 4) is 17.0 Å². The molecular weight excluding hydrogens is 612 g/mol. The number of nitrogens with one attached hydrogen (secondary N) is 2. The van der Waals surface area contributed by atoms with E-state index in [2.05, 4.69) is 10.1 Å². The Morgan fingerprint density at radius 1 is 1.28 bits per heavy atom. The Balaban J connectivity index is 1.55. The van der Waals surface area contributed by atoms with Gasteiger partial charge in [0.05, 0.1) is 19.0 Å². The molecule has 2 aromatic heterocycles. The molecular formula is C26H32ClFN5O9P. The third kappa shape index (κ3) is 7.25. The van der Waals surface area contributed by atoms with Gasteiger partial charge in [-0.1, -0.05) is 11.6 Å². The van der Waals surface area contributed by atoms with Crippen molar-refractivity contribution >= 4 is 25.3 Å². The molecule has 3 heterocycles. The Kier molecular flexibility index (Phi) is 9.64. The van der Waals surface area contributed by atoms with E-state index in [1.165, 1.54) is 19.1 Å². The van der Waals surface area contributed by atoms with E-state index in [9.17, 15) is 24.1 Å². The Morgan fingerprint density at radius 3 is 2.53 bits per heavy atom. The fourth-order valence-electron chi connectivity index (χ4n) is 4.27.